The molecule has 1 amide bonds. The number of methoxy groups -OCH3 is 1. The average molecular weight is 551 g/mol. The highest BCUT2D eigenvalue weighted by atomic mass is 35.5. The Morgan fingerprint density at radius 2 is 1.95 bits per heavy atom. The monoisotopic (exact) mass is 550 g/mol. The lowest BCUT2D eigenvalue weighted by molar-refractivity contribution is -0.167. The summed E-state index contributed by atoms with van der Waals surface area (Å²) in [6.07, 6.45) is 3.83. The first kappa shape index (κ1) is 28.1. The van der Waals surface area contributed by atoms with Crippen LogP contribution in [-0.2, 0) is 19.9 Å². The van der Waals surface area contributed by atoms with Gasteiger partial charge in [-0.2, -0.15) is 0 Å². The molecule has 5 rings (SSSR count). The van der Waals surface area contributed by atoms with Gasteiger partial charge in [-0.25, -0.2) is 0 Å². The zero-order valence-electron chi connectivity index (χ0n) is 22.7. The summed E-state index contributed by atoms with van der Waals surface area (Å²) in [4.78, 5) is 15.3. The number of hydrogen-bond donors (Lipinski definition) is 2. The van der Waals surface area contributed by atoms with Crippen molar-refractivity contribution in [2.45, 2.75) is 56.3 Å². The summed E-state index contributed by atoms with van der Waals surface area (Å²) >= 11 is 6.87. The van der Waals surface area contributed by atoms with E-state index in [1.165, 1.54) is 0 Å². The summed E-state index contributed by atoms with van der Waals surface area (Å²) in [5.74, 6) is 0.0757. The molecular formula is C32H39ClN2O4. The maximum absolute atomic E-state index is 13.4. The van der Waals surface area contributed by atoms with Gasteiger partial charge in [0.25, 0.3) is 0 Å². The van der Waals surface area contributed by atoms with E-state index < -0.39 is 11.7 Å². The van der Waals surface area contributed by atoms with Crippen LogP contribution in [0.3, 0.4) is 0 Å². The van der Waals surface area contributed by atoms with E-state index in [0.717, 1.165) is 59.6 Å². The first-order valence-electron chi connectivity index (χ1n) is 14.1. The van der Waals surface area contributed by atoms with Crippen LogP contribution in [0.2, 0.25) is 5.02 Å². The second-order valence-electron chi connectivity index (χ2n) is 11.0. The third kappa shape index (κ3) is 6.01. The van der Waals surface area contributed by atoms with Gasteiger partial charge in [0.05, 0.1) is 13.2 Å². The summed E-state index contributed by atoms with van der Waals surface area (Å²) in [5, 5.41) is 15.4. The lowest BCUT2D eigenvalue weighted by Crippen LogP contribution is -2.55. The van der Waals surface area contributed by atoms with E-state index >= 15 is 0 Å². The number of nitrogens with two attached hydrogens (primary N) is 1. The predicted molar refractivity (Wildman–Crippen MR) is 156 cm³/mol. The fraction of sp³-hybridized carbons (Fsp3) is 0.469. The number of fused-ring (bicyclic) bond motifs is 1. The molecule has 6 nitrogen and oxygen atoms in total. The molecule has 1 aliphatic carbocycles. The van der Waals surface area contributed by atoms with E-state index in [2.05, 4.69) is 30.3 Å². The molecule has 1 heterocycles. The van der Waals surface area contributed by atoms with Gasteiger partial charge in [0.2, 0.25) is 5.91 Å². The van der Waals surface area contributed by atoms with Gasteiger partial charge in [0.15, 0.2) is 0 Å². The Kier molecular flexibility index (Phi) is 8.89. The number of ether oxygens (including phenoxy) is 2. The van der Waals surface area contributed by atoms with Gasteiger partial charge in [0.1, 0.15) is 11.7 Å². The molecule has 3 aromatic rings. The van der Waals surface area contributed by atoms with Crippen LogP contribution in [0.4, 0.5) is 0 Å². The molecule has 1 aliphatic heterocycles. The van der Waals surface area contributed by atoms with Gasteiger partial charge in [-0.3, -0.25) is 4.79 Å². The molecule has 3 aromatic carbocycles. The number of hydrogen-bond acceptors (Lipinski definition) is 5. The minimum atomic E-state index is -1.36. The lowest BCUT2D eigenvalue weighted by Gasteiger charge is -2.44. The fourth-order valence-electron chi connectivity index (χ4n) is 6.27. The number of carbonyl (C=O) groups excluding carboxylic acids is 1. The molecule has 0 aromatic heterocycles. The maximum atomic E-state index is 13.4. The molecule has 7 heteroatoms. The van der Waals surface area contributed by atoms with E-state index in [1.54, 1.807) is 7.11 Å². The van der Waals surface area contributed by atoms with Crippen LogP contribution in [0.15, 0.2) is 60.7 Å². The van der Waals surface area contributed by atoms with E-state index in [-0.39, 0.29) is 17.9 Å². The largest absolute Gasteiger partial charge is 0.385 e. The molecule has 208 valence electrons. The Balaban J connectivity index is 1.52. The van der Waals surface area contributed by atoms with Gasteiger partial charge in [0, 0.05) is 42.8 Å². The van der Waals surface area contributed by atoms with Crippen molar-refractivity contribution in [1.29, 1.82) is 0 Å². The zero-order valence-corrected chi connectivity index (χ0v) is 23.4. The second kappa shape index (κ2) is 12.4. The van der Waals surface area contributed by atoms with Gasteiger partial charge < -0.3 is 25.2 Å². The SMILES string of the molecule is COCCCC[C@@](O)(c1cccc(Cl)c1-c1ccc2ccccc2c1)C1CN(C(=O)[C@@H]2CC[C@H](N)C2)CCO1. The Labute approximate surface area is 236 Å². The summed E-state index contributed by atoms with van der Waals surface area (Å²) in [7, 11) is 1.68. The third-order valence-electron chi connectivity index (χ3n) is 8.41. The van der Waals surface area contributed by atoms with E-state index in [1.807, 2.05) is 35.2 Å². The van der Waals surface area contributed by atoms with Gasteiger partial charge in [-0.1, -0.05) is 60.1 Å². The highest BCUT2D eigenvalue weighted by Gasteiger charge is 2.45. The highest BCUT2D eigenvalue weighted by molar-refractivity contribution is 6.33. The zero-order chi connectivity index (χ0) is 27.4. The number of unbranched alkanes of at least 4 members (excludes halogenated alkanes) is 1. The van der Waals surface area contributed by atoms with Crippen LogP contribution in [0, 0.1) is 5.92 Å². The molecule has 1 saturated heterocycles. The van der Waals surface area contributed by atoms with Crippen molar-refractivity contribution in [3.05, 3.63) is 71.2 Å². The molecule has 2 aliphatic rings. The third-order valence-corrected chi connectivity index (χ3v) is 8.72. The molecule has 0 bridgehead atoms. The summed E-state index contributed by atoms with van der Waals surface area (Å²) < 4.78 is 11.6. The topological polar surface area (TPSA) is 85.0 Å². The quantitative estimate of drug-likeness (QED) is 0.343. The first-order valence-corrected chi connectivity index (χ1v) is 14.4. The van der Waals surface area contributed by atoms with E-state index in [9.17, 15) is 9.90 Å². The number of rotatable bonds is 9. The molecule has 0 radical (unpaired) electrons. The molecule has 3 N–H and O–H groups in total. The van der Waals surface area contributed by atoms with Crippen molar-refractivity contribution in [2.75, 3.05) is 33.4 Å². The van der Waals surface area contributed by atoms with Crippen molar-refractivity contribution in [3.63, 3.8) is 0 Å². The van der Waals surface area contributed by atoms with Crippen molar-refractivity contribution in [2.24, 2.45) is 11.7 Å². The van der Waals surface area contributed by atoms with Crippen molar-refractivity contribution < 1.29 is 19.4 Å². The van der Waals surface area contributed by atoms with Crippen LogP contribution >= 0.6 is 11.6 Å². The molecular weight excluding hydrogens is 512 g/mol. The number of halogens is 1. The number of benzene rings is 3. The first-order chi connectivity index (χ1) is 18.9. The molecule has 1 saturated carbocycles. The fourth-order valence-corrected chi connectivity index (χ4v) is 6.55. The molecule has 0 spiro atoms. The average Bonchev–Trinajstić information content (AvgIpc) is 3.40. The standard InChI is InChI=1S/C32H39ClN2O4/c1-38-17-5-4-15-32(37,29-21-35(16-18-39-29)31(36)25-13-14-26(34)20-25)27-9-6-10-28(33)30(27)24-12-11-22-7-2-3-8-23(22)19-24/h2-3,6-12,19,25-26,29,37H,4-5,13-18,20-21,34H2,1H3/t25-,26+,29?,32-/m1/s1. The van der Waals surface area contributed by atoms with Gasteiger partial charge >= 0.3 is 0 Å². The van der Waals surface area contributed by atoms with Gasteiger partial charge in [-0.15, -0.1) is 0 Å². The number of carbonyl (C=O) groups is 1. The Hall–Kier alpha value is -2.48. The summed E-state index contributed by atoms with van der Waals surface area (Å²) in [6.45, 7) is 1.84. The molecule has 2 fully saturated rings. The number of amides is 1. The van der Waals surface area contributed by atoms with Crippen LogP contribution in [-0.4, -0.2) is 61.5 Å². The minimum absolute atomic E-state index is 0.0483. The predicted octanol–water partition coefficient (Wildman–Crippen LogP) is 5.52. The smallest absolute Gasteiger partial charge is 0.225 e. The molecule has 39 heavy (non-hydrogen) atoms. The van der Waals surface area contributed by atoms with Crippen LogP contribution in [0.1, 0.15) is 44.1 Å². The number of nitrogens with zero attached hydrogens (tertiary/aromatic N) is 1. The summed E-state index contributed by atoms with van der Waals surface area (Å²) in [5.41, 5.74) is 7.21. The van der Waals surface area contributed by atoms with Crippen LogP contribution < -0.4 is 5.73 Å². The second-order valence-corrected chi connectivity index (χ2v) is 11.4. The maximum Gasteiger partial charge on any atom is 0.225 e. The van der Waals surface area contributed by atoms with Gasteiger partial charge in [-0.05, 0) is 72.6 Å². The van der Waals surface area contributed by atoms with Crippen molar-refractivity contribution >= 4 is 28.3 Å². The van der Waals surface area contributed by atoms with Crippen LogP contribution in [0.25, 0.3) is 21.9 Å². The lowest BCUT2D eigenvalue weighted by atomic mass is 9.78. The van der Waals surface area contributed by atoms with Crippen molar-refractivity contribution in [1.82, 2.24) is 4.90 Å². The van der Waals surface area contributed by atoms with Crippen molar-refractivity contribution in [3.8, 4) is 11.1 Å². The number of morpholine rings is 1. The molecule has 4 atom stereocenters. The normalized spacial score (nSPS) is 23.2. The minimum Gasteiger partial charge on any atom is -0.385 e. The van der Waals surface area contributed by atoms with E-state index in [4.69, 9.17) is 26.8 Å². The summed E-state index contributed by atoms with van der Waals surface area (Å²) in [6, 6.07) is 20.2. The Bertz CT molecular complexity index is 1300. The highest BCUT2D eigenvalue weighted by Crippen LogP contribution is 2.43. The van der Waals surface area contributed by atoms with E-state index in [0.29, 0.717) is 37.7 Å². The Morgan fingerprint density at radius 1 is 1.13 bits per heavy atom. The Morgan fingerprint density at radius 3 is 2.72 bits per heavy atom. The van der Waals surface area contributed by atoms with Crippen LogP contribution in [0.5, 0.6) is 0 Å². The number of aliphatic hydroxyl groups is 1. The molecule has 1 unspecified atom stereocenters.